The Kier molecular flexibility index (Phi) is 5.05. The van der Waals surface area contributed by atoms with E-state index in [2.05, 4.69) is 20.7 Å². The monoisotopic (exact) mass is 331 g/mol. The molecule has 0 aliphatic heterocycles. The number of halogens is 2. The van der Waals surface area contributed by atoms with E-state index in [4.69, 9.17) is 11.6 Å². The average Bonchev–Trinajstić information content (AvgIpc) is 2.51. The molecule has 0 saturated carbocycles. The van der Waals surface area contributed by atoms with Crippen LogP contribution in [0.15, 0.2) is 20.1 Å². The lowest BCUT2D eigenvalue weighted by Crippen LogP contribution is -2.32. The van der Waals surface area contributed by atoms with Crippen LogP contribution in [0.1, 0.15) is 13.3 Å². The van der Waals surface area contributed by atoms with E-state index in [1.807, 2.05) is 0 Å². The van der Waals surface area contributed by atoms with E-state index in [0.29, 0.717) is 21.0 Å². The molecule has 1 atom stereocenters. The zero-order valence-corrected chi connectivity index (χ0v) is 12.0. The van der Waals surface area contributed by atoms with Gasteiger partial charge in [0.2, 0.25) is 0 Å². The Balaban J connectivity index is 2.81. The van der Waals surface area contributed by atoms with E-state index >= 15 is 0 Å². The predicted molar refractivity (Wildman–Crippen MR) is 67.1 cm³/mol. The van der Waals surface area contributed by atoms with Gasteiger partial charge in [-0.3, -0.25) is 0 Å². The van der Waals surface area contributed by atoms with Crippen LogP contribution in [-0.4, -0.2) is 20.3 Å². The van der Waals surface area contributed by atoms with Gasteiger partial charge in [0.15, 0.2) is 0 Å². The van der Waals surface area contributed by atoms with Crippen molar-refractivity contribution in [2.75, 3.05) is 5.88 Å². The second-order valence-corrected chi connectivity index (χ2v) is 7.11. The molecular formula is C8H11BrClNO2S2. The largest absolute Gasteiger partial charge is 0.251 e. The summed E-state index contributed by atoms with van der Waals surface area (Å²) in [6, 6.07) is 1.56. The van der Waals surface area contributed by atoms with Crippen LogP contribution < -0.4 is 4.72 Å². The minimum atomic E-state index is -3.41. The number of hydrogen-bond donors (Lipinski definition) is 1. The minimum Gasteiger partial charge on any atom is -0.208 e. The average molecular weight is 333 g/mol. The fraction of sp³-hybridized carbons (Fsp3) is 0.500. The molecule has 0 fully saturated rings. The van der Waals surface area contributed by atoms with E-state index in [1.54, 1.807) is 18.4 Å². The molecular weight excluding hydrogens is 322 g/mol. The molecule has 1 aromatic rings. The molecule has 0 aromatic carbocycles. The van der Waals surface area contributed by atoms with E-state index in [-0.39, 0.29) is 6.04 Å². The number of alkyl halides is 1. The number of sulfonamides is 1. The standard InChI is InChI=1S/C8H11BrClNO2S2/c1-6(2-4-10)11-15(12,13)8-7(9)3-5-14-8/h3,5-6,11H,2,4H2,1H3. The van der Waals surface area contributed by atoms with Gasteiger partial charge in [-0.05, 0) is 40.7 Å². The first kappa shape index (κ1) is 13.4. The topological polar surface area (TPSA) is 46.2 Å². The van der Waals surface area contributed by atoms with E-state index < -0.39 is 10.0 Å². The molecule has 0 spiro atoms. The number of rotatable bonds is 5. The van der Waals surface area contributed by atoms with Crippen molar-refractivity contribution in [1.82, 2.24) is 4.72 Å². The van der Waals surface area contributed by atoms with Gasteiger partial charge in [-0.15, -0.1) is 22.9 Å². The van der Waals surface area contributed by atoms with Crippen molar-refractivity contribution in [3.63, 3.8) is 0 Å². The minimum absolute atomic E-state index is 0.151. The Morgan fingerprint density at radius 3 is 2.80 bits per heavy atom. The highest BCUT2D eigenvalue weighted by Crippen LogP contribution is 2.27. The molecule has 1 aromatic heterocycles. The summed E-state index contributed by atoms with van der Waals surface area (Å²) in [4.78, 5) is 0. The van der Waals surface area contributed by atoms with Crippen LogP contribution in [0.25, 0.3) is 0 Å². The van der Waals surface area contributed by atoms with E-state index in [1.165, 1.54) is 11.3 Å². The number of hydrogen-bond acceptors (Lipinski definition) is 3. The van der Waals surface area contributed by atoms with Crippen LogP contribution in [0.5, 0.6) is 0 Å². The highest BCUT2D eigenvalue weighted by molar-refractivity contribution is 9.10. The molecule has 0 radical (unpaired) electrons. The smallest absolute Gasteiger partial charge is 0.208 e. The van der Waals surface area contributed by atoms with Gasteiger partial charge < -0.3 is 0 Å². The van der Waals surface area contributed by atoms with E-state index in [9.17, 15) is 8.42 Å². The molecule has 1 heterocycles. The van der Waals surface area contributed by atoms with Crippen molar-refractivity contribution in [2.45, 2.75) is 23.6 Å². The van der Waals surface area contributed by atoms with Gasteiger partial charge in [0.25, 0.3) is 10.0 Å². The summed E-state index contributed by atoms with van der Waals surface area (Å²) in [7, 11) is -3.41. The molecule has 1 N–H and O–H groups in total. The van der Waals surface area contributed by atoms with Crippen molar-refractivity contribution >= 4 is 48.9 Å². The van der Waals surface area contributed by atoms with Gasteiger partial charge >= 0.3 is 0 Å². The first-order valence-electron chi connectivity index (χ1n) is 4.28. The van der Waals surface area contributed by atoms with Crippen LogP contribution >= 0.6 is 38.9 Å². The molecule has 86 valence electrons. The van der Waals surface area contributed by atoms with Crippen LogP contribution in [0.3, 0.4) is 0 Å². The molecule has 0 bridgehead atoms. The van der Waals surface area contributed by atoms with E-state index in [0.717, 1.165) is 0 Å². The highest BCUT2D eigenvalue weighted by atomic mass is 79.9. The van der Waals surface area contributed by atoms with Crippen molar-refractivity contribution in [2.24, 2.45) is 0 Å². The summed E-state index contributed by atoms with van der Waals surface area (Å²) >= 11 is 9.92. The molecule has 7 heteroatoms. The predicted octanol–water partition coefficient (Wildman–Crippen LogP) is 2.81. The first-order chi connectivity index (χ1) is 6.97. The molecule has 1 unspecified atom stereocenters. The van der Waals surface area contributed by atoms with Crippen molar-refractivity contribution in [1.29, 1.82) is 0 Å². The Labute approximate surface area is 107 Å². The van der Waals surface area contributed by atoms with Gasteiger partial charge in [-0.1, -0.05) is 0 Å². The molecule has 0 aliphatic rings. The maximum atomic E-state index is 11.8. The van der Waals surface area contributed by atoms with Crippen LogP contribution in [0.2, 0.25) is 0 Å². The number of thiophene rings is 1. The summed E-state index contributed by atoms with van der Waals surface area (Å²) in [5.41, 5.74) is 0. The maximum absolute atomic E-state index is 11.8. The Bertz CT molecular complexity index is 418. The lowest BCUT2D eigenvalue weighted by molar-refractivity contribution is 0.558. The summed E-state index contributed by atoms with van der Waals surface area (Å²) in [6.07, 6.45) is 0.615. The van der Waals surface area contributed by atoms with Crippen LogP contribution in [-0.2, 0) is 10.0 Å². The third-order valence-electron chi connectivity index (χ3n) is 1.73. The van der Waals surface area contributed by atoms with Crippen LogP contribution in [0, 0.1) is 0 Å². The van der Waals surface area contributed by atoms with Gasteiger partial charge in [0, 0.05) is 16.4 Å². The van der Waals surface area contributed by atoms with Gasteiger partial charge in [-0.25, -0.2) is 13.1 Å². The van der Waals surface area contributed by atoms with Crippen molar-refractivity contribution in [3.05, 3.63) is 15.9 Å². The third-order valence-corrected chi connectivity index (χ3v) is 6.20. The quantitative estimate of drug-likeness (QED) is 0.843. The normalized spacial score (nSPS) is 14.1. The summed E-state index contributed by atoms with van der Waals surface area (Å²) in [5, 5.41) is 1.73. The van der Waals surface area contributed by atoms with Gasteiger partial charge in [0.05, 0.1) is 0 Å². The SMILES string of the molecule is CC(CCCl)NS(=O)(=O)c1sccc1Br. The molecule has 0 saturated heterocycles. The second-order valence-electron chi connectivity index (χ2n) is 3.06. The molecule has 0 amide bonds. The number of nitrogens with one attached hydrogen (secondary N) is 1. The Morgan fingerprint density at radius 1 is 1.67 bits per heavy atom. The molecule has 1 rings (SSSR count). The summed E-state index contributed by atoms with van der Waals surface area (Å²) in [5.74, 6) is 0.440. The molecule has 15 heavy (non-hydrogen) atoms. The van der Waals surface area contributed by atoms with Gasteiger partial charge in [-0.2, -0.15) is 0 Å². The fourth-order valence-electron chi connectivity index (χ4n) is 1.01. The lowest BCUT2D eigenvalue weighted by atomic mass is 10.3. The fourth-order valence-corrected chi connectivity index (χ4v) is 4.97. The molecule has 0 aliphatic carbocycles. The second kappa shape index (κ2) is 5.63. The summed E-state index contributed by atoms with van der Waals surface area (Å²) < 4.78 is 27.1. The van der Waals surface area contributed by atoms with Gasteiger partial charge in [0.1, 0.15) is 4.21 Å². The Hall–Kier alpha value is 0.380. The zero-order chi connectivity index (χ0) is 11.5. The van der Waals surface area contributed by atoms with Crippen molar-refractivity contribution < 1.29 is 8.42 Å². The highest BCUT2D eigenvalue weighted by Gasteiger charge is 2.20. The maximum Gasteiger partial charge on any atom is 0.251 e. The lowest BCUT2D eigenvalue weighted by Gasteiger charge is -2.11. The van der Waals surface area contributed by atoms with Crippen LogP contribution in [0.4, 0.5) is 0 Å². The zero-order valence-electron chi connectivity index (χ0n) is 8.04. The summed E-state index contributed by atoms with van der Waals surface area (Å²) in [6.45, 7) is 1.79. The molecule has 3 nitrogen and oxygen atoms in total. The Morgan fingerprint density at radius 2 is 2.33 bits per heavy atom. The first-order valence-corrected chi connectivity index (χ1v) is 7.97. The van der Waals surface area contributed by atoms with Crippen molar-refractivity contribution in [3.8, 4) is 0 Å². The third kappa shape index (κ3) is 3.71.